The van der Waals surface area contributed by atoms with Crippen molar-refractivity contribution in [3.63, 3.8) is 0 Å². The molecule has 0 unspecified atom stereocenters. The van der Waals surface area contributed by atoms with Gasteiger partial charge < -0.3 is 5.32 Å². The molecule has 0 fully saturated rings. The van der Waals surface area contributed by atoms with Crippen molar-refractivity contribution >= 4 is 45.2 Å². The minimum absolute atomic E-state index is 0.148. The Bertz CT molecular complexity index is 658. The largest absolute Gasteiger partial charge is 0.471 e. The lowest BCUT2D eigenvalue weighted by atomic mass is 10.5. The number of imidazole rings is 1. The molecule has 1 N–H and O–H groups in total. The summed E-state index contributed by atoms with van der Waals surface area (Å²) in [6, 6.07) is 0. The molecule has 5 nitrogen and oxygen atoms in total. The first-order chi connectivity index (χ1) is 9.32. The molecule has 20 heavy (non-hydrogen) atoms. The van der Waals surface area contributed by atoms with E-state index in [0.29, 0.717) is 15.3 Å². The number of anilines is 1. The minimum Gasteiger partial charge on any atom is -0.300 e. The van der Waals surface area contributed by atoms with E-state index in [-0.39, 0.29) is 11.6 Å². The smallest absolute Gasteiger partial charge is 0.300 e. The number of nitrogens with zero attached hydrogens (tertiary/aromatic N) is 3. The lowest BCUT2D eigenvalue weighted by molar-refractivity contribution is -0.167. The Morgan fingerprint density at radius 1 is 1.55 bits per heavy atom. The third-order valence-corrected chi connectivity index (χ3v) is 3.54. The molecule has 108 valence electrons. The van der Waals surface area contributed by atoms with Crippen LogP contribution in [0.25, 0.3) is 5.78 Å². The normalized spacial score (nSPS) is 11.8. The highest BCUT2D eigenvalue weighted by Crippen LogP contribution is 2.29. The molecule has 0 atom stereocenters. The van der Waals surface area contributed by atoms with Crippen LogP contribution in [0.3, 0.4) is 0 Å². The minimum atomic E-state index is -4.96. The van der Waals surface area contributed by atoms with Gasteiger partial charge in [0.15, 0.2) is 5.82 Å². The molecular weight excluding hydrogens is 361 g/mol. The summed E-state index contributed by atoms with van der Waals surface area (Å²) in [4.78, 5) is 18.9. The van der Waals surface area contributed by atoms with Gasteiger partial charge in [-0.15, -0.1) is 11.8 Å². The van der Waals surface area contributed by atoms with Gasteiger partial charge in [0.2, 0.25) is 5.78 Å². The Balaban J connectivity index is 2.47. The van der Waals surface area contributed by atoms with Crippen molar-refractivity contribution in [2.24, 2.45) is 0 Å². The number of rotatable bonds is 3. The molecule has 10 heteroatoms. The second kappa shape index (κ2) is 5.60. The lowest BCUT2D eigenvalue weighted by Crippen LogP contribution is -2.30. The van der Waals surface area contributed by atoms with Gasteiger partial charge in [-0.2, -0.15) is 18.2 Å². The van der Waals surface area contributed by atoms with Crippen LogP contribution in [0.2, 0.25) is 0 Å². The van der Waals surface area contributed by atoms with Crippen molar-refractivity contribution in [3.05, 3.63) is 16.9 Å². The van der Waals surface area contributed by atoms with Crippen LogP contribution in [-0.4, -0.2) is 32.2 Å². The van der Waals surface area contributed by atoms with Gasteiger partial charge in [-0.25, -0.2) is 4.98 Å². The summed E-state index contributed by atoms with van der Waals surface area (Å²) in [6.45, 7) is 1.84. The quantitative estimate of drug-likeness (QED) is 0.845. The number of hydrogen-bond donors (Lipinski definition) is 1. The Morgan fingerprint density at radius 2 is 2.25 bits per heavy atom. The first-order valence-corrected chi connectivity index (χ1v) is 7.15. The molecule has 2 rings (SSSR count). The molecule has 1 amide bonds. The standard InChI is InChI=1S/C10H8BrF3N4OS/c1-2-20-7-6(16-8(19)10(12,13)14)17-9-15-3-5(11)4-18(7)9/h3-4H,2H2,1H3,(H,16,19). The molecule has 0 aliphatic rings. The molecule has 0 aromatic carbocycles. The predicted octanol–water partition coefficient (Wildman–Crippen LogP) is 3.10. The topological polar surface area (TPSA) is 59.3 Å². The van der Waals surface area contributed by atoms with Gasteiger partial charge in [-0.05, 0) is 21.7 Å². The van der Waals surface area contributed by atoms with Crippen LogP contribution in [0.4, 0.5) is 19.0 Å². The maximum absolute atomic E-state index is 12.3. The number of aromatic nitrogens is 3. The van der Waals surface area contributed by atoms with Crippen LogP contribution in [0.15, 0.2) is 21.9 Å². The van der Waals surface area contributed by atoms with Gasteiger partial charge in [0.25, 0.3) is 0 Å². The van der Waals surface area contributed by atoms with E-state index in [1.807, 2.05) is 6.92 Å². The summed E-state index contributed by atoms with van der Waals surface area (Å²) < 4.78 is 39.1. The first kappa shape index (κ1) is 15.1. The molecule has 0 bridgehead atoms. The lowest BCUT2D eigenvalue weighted by Gasteiger charge is -2.07. The highest BCUT2D eigenvalue weighted by Gasteiger charge is 2.39. The van der Waals surface area contributed by atoms with Crippen LogP contribution in [0, 0.1) is 0 Å². The maximum atomic E-state index is 12.3. The van der Waals surface area contributed by atoms with Crippen molar-refractivity contribution in [1.29, 1.82) is 0 Å². The molecule has 0 saturated carbocycles. The summed E-state index contributed by atoms with van der Waals surface area (Å²) in [5.74, 6) is -1.39. The highest BCUT2D eigenvalue weighted by molar-refractivity contribution is 9.10. The molecular formula is C10H8BrF3N4OS. The molecule has 0 aliphatic heterocycles. The number of carbonyl (C=O) groups excluding carboxylic acids is 1. The fourth-order valence-corrected chi connectivity index (χ4v) is 2.51. The molecule has 0 saturated heterocycles. The van der Waals surface area contributed by atoms with E-state index in [1.165, 1.54) is 22.4 Å². The van der Waals surface area contributed by atoms with E-state index in [4.69, 9.17) is 0 Å². The second-order valence-corrected chi connectivity index (χ2v) is 5.76. The summed E-state index contributed by atoms with van der Waals surface area (Å²) in [5.41, 5.74) is 0. The number of amides is 1. The summed E-state index contributed by atoms with van der Waals surface area (Å²) in [5, 5.41) is 2.17. The summed E-state index contributed by atoms with van der Waals surface area (Å²) in [6.07, 6.45) is -1.87. The first-order valence-electron chi connectivity index (χ1n) is 5.37. The summed E-state index contributed by atoms with van der Waals surface area (Å²) >= 11 is 4.48. The summed E-state index contributed by atoms with van der Waals surface area (Å²) in [7, 11) is 0. The Morgan fingerprint density at radius 3 is 2.85 bits per heavy atom. The van der Waals surface area contributed by atoms with Crippen molar-refractivity contribution in [3.8, 4) is 0 Å². The van der Waals surface area contributed by atoms with Crippen LogP contribution in [0.1, 0.15) is 6.92 Å². The van der Waals surface area contributed by atoms with E-state index in [9.17, 15) is 18.0 Å². The molecule has 2 heterocycles. The van der Waals surface area contributed by atoms with Gasteiger partial charge in [-0.1, -0.05) is 6.92 Å². The highest BCUT2D eigenvalue weighted by atomic mass is 79.9. The van der Waals surface area contributed by atoms with Gasteiger partial charge in [-0.3, -0.25) is 9.20 Å². The Hall–Kier alpha value is -1.29. The van der Waals surface area contributed by atoms with Crippen LogP contribution in [-0.2, 0) is 4.79 Å². The number of nitrogens with one attached hydrogen (secondary N) is 1. The van der Waals surface area contributed by atoms with Crippen molar-refractivity contribution in [1.82, 2.24) is 14.4 Å². The second-order valence-electron chi connectivity index (χ2n) is 3.59. The van der Waals surface area contributed by atoms with Crippen LogP contribution >= 0.6 is 27.7 Å². The van der Waals surface area contributed by atoms with Crippen LogP contribution in [0.5, 0.6) is 0 Å². The Labute approximate surface area is 124 Å². The van der Waals surface area contributed by atoms with E-state index in [1.54, 1.807) is 11.5 Å². The molecule has 2 aromatic heterocycles. The fourth-order valence-electron chi connectivity index (χ4n) is 1.42. The third-order valence-electron chi connectivity index (χ3n) is 2.17. The van der Waals surface area contributed by atoms with Gasteiger partial charge >= 0.3 is 12.1 Å². The van der Waals surface area contributed by atoms with Crippen molar-refractivity contribution in [2.75, 3.05) is 11.1 Å². The maximum Gasteiger partial charge on any atom is 0.471 e. The fraction of sp³-hybridized carbons (Fsp3) is 0.300. The zero-order chi connectivity index (χ0) is 14.9. The third kappa shape index (κ3) is 3.06. The number of hydrogen-bond acceptors (Lipinski definition) is 4. The van der Waals surface area contributed by atoms with E-state index in [2.05, 4.69) is 25.9 Å². The average Bonchev–Trinajstić information content (AvgIpc) is 2.67. The SMILES string of the molecule is CCSc1c(NC(=O)C(F)(F)F)nc2ncc(Br)cn12. The van der Waals surface area contributed by atoms with Crippen molar-refractivity contribution < 1.29 is 18.0 Å². The number of carbonyl (C=O) groups is 1. The molecule has 2 aromatic rings. The van der Waals surface area contributed by atoms with Gasteiger partial charge in [0.05, 0.1) is 4.47 Å². The number of thioether (sulfide) groups is 1. The number of fused-ring (bicyclic) bond motifs is 1. The average molecular weight is 369 g/mol. The van der Waals surface area contributed by atoms with E-state index < -0.39 is 12.1 Å². The zero-order valence-electron chi connectivity index (χ0n) is 10.0. The monoisotopic (exact) mass is 368 g/mol. The zero-order valence-corrected chi connectivity index (χ0v) is 12.4. The van der Waals surface area contributed by atoms with Crippen LogP contribution < -0.4 is 5.32 Å². The Kier molecular flexibility index (Phi) is 4.23. The van der Waals surface area contributed by atoms with E-state index >= 15 is 0 Å². The molecule has 0 spiro atoms. The van der Waals surface area contributed by atoms with E-state index in [0.717, 1.165) is 0 Å². The predicted molar refractivity (Wildman–Crippen MR) is 71.8 cm³/mol. The van der Waals surface area contributed by atoms with Gasteiger partial charge in [0, 0.05) is 12.4 Å². The number of halogens is 4. The van der Waals surface area contributed by atoms with Crippen molar-refractivity contribution in [2.45, 2.75) is 18.1 Å². The number of alkyl halides is 3. The molecule has 0 radical (unpaired) electrons. The molecule has 0 aliphatic carbocycles. The van der Waals surface area contributed by atoms with Gasteiger partial charge in [0.1, 0.15) is 5.03 Å².